The number of nitrogens with one attached hydrogen (secondary N) is 1. The molecule has 1 saturated carbocycles. The number of carbonyl (C=O) groups is 2. The van der Waals surface area contributed by atoms with E-state index >= 15 is 0 Å². The van der Waals surface area contributed by atoms with Crippen molar-refractivity contribution >= 4 is 11.9 Å². The van der Waals surface area contributed by atoms with Crippen molar-refractivity contribution in [2.24, 2.45) is 17.8 Å². The van der Waals surface area contributed by atoms with E-state index < -0.39 is 17.8 Å². The van der Waals surface area contributed by atoms with Gasteiger partial charge in [-0.2, -0.15) is 0 Å². The molecule has 0 aromatic rings. The minimum absolute atomic E-state index is 0.145. The molecule has 0 spiro atoms. The van der Waals surface area contributed by atoms with Crippen LogP contribution in [0.2, 0.25) is 0 Å². The van der Waals surface area contributed by atoms with Crippen LogP contribution in [-0.4, -0.2) is 34.7 Å². The zero-order valence-corrected chi connectivity index (χ0v) is 11.6. The third-order valence-electron chi connectivity index (χ3n) is 4.47. The number of amides is 1. The van der Waals surface area contributed by atoms with E-state index in [0.717, 1.165) is 25.7 Å². The van der Waals surface area contributed by atoms with Crippen LogP contribution in [0.4, 0.5) is 0 Å². The molecule has 0 unspecified atom stereocenters. The van der Waals surface area contributed by atoms with Crippen molar-refractivity contribution in [3.8, 4) is 0 Å². The van der Waals surface area contributed by atoms with Crippen molar-refractivity contribution in [3.63, 3.8) is 0 Å². The summed E-state index contributed by atoms with van der Waals surface area (Å²) in [4.78, 5) is 23.3. The van der Waals surface area contributed by atoms with Gasteiger partial charge in [0.25, 0.3) is 0 Å². The molecule has 0 radical (unpaired) electrons. The number of carboxylic acid groups (broad SMARTS) is 1. The first-order chi connectivity index (χ1) is 9.58. The molecule has 20 heavy (non-hydrogen) atoms. The van der Waals surface area contributed by atoms with E-state index in [1.807, 2.05) is 12.2 Å². The highest BCUT2D eigenvalue weighted by Crippen LogP contribution is 2.27. The maximum absolute atomic E-state index is 12.2. The van der Waals surface area contributed by atoms with Crippen molar-refractivity contribution in [1.29, 1.82) is 0 Å². The van der Waals surface area contributed by atoms with Crippen LogP contribution in [0.25, 0.3) is 0 Å². The average molecular weight is 281 g/mol. The molecule has 2 aliphatic carbocycles. The van der Waals surface area contributed by atoms with Gasteiger partial charge in [0.05, 0.1) is 17.9 Å². The molecule has 1 fully saturated rings. The number of aliphatic hydroxyl groups is 1. The van der Waals surface area contributed by atoms with Crippen molar-refractivity contribution in [3.05, 3.63) is 12.2 Å². The second kappa shape index (κ2) is 6.88. The predicted octanol–water partition coefficient (Wildman–Crippen LogP) is 1.32. The van der Waals surface area contributed by atoms with Gasteiger partial charge in [-0.25, -0.2) is 0 Å². The van der Waals surface area contributed by atoms with Gasteiger partial charge < -0.3 is 15.5 Å². The summed E-state index contributed by atoms with van der Waals surface area (Å²) in [5.41, 5.74) is 0. The van der Waals surface area contributed by atoms with Gasteiger partial charge in [-0.3, -0.25) is 9.59 Å². The molecule has 5 heteroatoms. The summed E-state index contributed by atoms with van der Waals surface area (Å²) in [6, 6.07) is 0. The van der Waals surface area contributed by atoms with Crippen LogP contribution in [0.3, 0.4) is 0 Å². The number of aliphatic carboxylic acids is 1. The lowest BCUT2D eigenvalue weighted by molar-refractivity contribution is -0.147. The summed E-state index contributed by atoms with van der Waals surface area (Å²) in [7, 11) is 0. The lowest BCUT2D eigenvalue weighted by Gasteiger charge is -2.28. The maximum atomic E-state index is 12.2. The topological polar surface area (TPSA) is 86.6 Å². The quantitative estimate of drug-likeness (QED) is 0.678. The fraction of sp³-hybridized carbons (Fsp3) is 0.733. The van der Waals surface area contributed by atoms with Gasteiger partial charge in [-0.05, 0) is 44.4 Å². The number of rotatable bonds is 4. The van der Waals surface area contributed by atoms with E-state index in [9.17, 15) is 14.7 Å². The Morgan fingerprint density at radius 3 is 2.25 bits per heavy atom. The SMILES string of the molecule is O=C(O)[C@H]1CC=CC[C@H]1C(=O)NCC1CCC(O)CC1. The molecule has 3 N–H and O–H groups in total. The number of allylic oxidation sites excluding steroid dienone is 2. The Balaban J connectivity index is 1.81. The van der Waals surface area contributed by atoms with Crippen molar-refractivity contribution < 1.29 is 19.8 Å². The minimum Gasteiger partial charge on any atom is -0.481 e. The second-order valence-electron chi connectivity index (χ2n) is 5.91. The van der Waals surface area contributed by atoms with E-state index in [1.165, 1.54) is 0 Å². The summed E-state index contributed by atoms with van der Waals surface area (Å²) in [6.45, 7) is 0.595. The Kier molecular flexibility index (Phi) is 5.17. The summed E-state index contributed by atoms with van der Waals surface area (Å²) in [5, 5.41) is 21.5. The van der Waals surface area contributed by atoms with Gasteiger partial charge in [-0.15, -0.1) is 0 Å². The lowest BCUT2D eigenvalue weighted by Crippen LogP contribution is -2.41. The zero-order valence-electron chi connectivity index (χ0n) is 11.6. The first-order valence-corrected chi connectivity index (χ1v) is 7.41. The smallest absolute Gasteiger partial charge is 0.307 e. The summed E-state index contributed by atoms with van der Waals surface area (Å²) < 4.78 is 0. The fourth-order valence-corrected chi connectivity index (χ4v) is 3.10. The van der Waals surface area contributed by atoms with E-state index in [-0.39, 0.29) is 12.0 Å². The van der Waals surface area contributed by atoms with Crippen LogP contribution in [-0.2, 0) is 9.59 Å². The highest BCUT2D eigenvalue weighted by Gasteiger charge is 2.34. The normalized spacial score (nSPS) is 33.6. The van der Waals surface area contributed by atoms with Crippen molar-refractivity contribution in [1.82, 2.24) is 5.32 Å². The van der Waals surface area contributed by atoms with Crippen LogP contribution in [0.15, 0.2) is 12.2 Å². The van der Waals surface area contributed by atoms with Crippen LogP contribution >= 0.6 is 0 Å². The molecule has 0 aliphatic heterocycles. The van der Waals surface area contributed by atoms with E-state index in [0.29, 0.717) is 25.3 Å². The molecular weight excluding hydrogens is 258 g/mol. The summed E-state index contributed by atoms with van der Waals surface area (Å²) in [5.74, 6) is -1.69. The van der Waals surface area contributed by atoms with Crippen molar-refractivity contribution in [2.45, 2.75) is 44.6 Å². The number of aliphatic hydroxyl groups excluding tert-OH is 1. The third kappa shape index (κ3) is 3.82. The maximum Gasteiger partial charge on any atom is 0.307 e. The number of hydrogen-bond donors (Lipinski definition) is 3. The Labute approximate surface area is 119 Å². The first-order valence-electron chi connectivity index (χ1n) is 7.41. The Morgan fingerprint density at radius 2 is 1.65 bits per heavy atom. The van der Waals surface area contributed by atoms with Gasteiger partial charge in [0, 0.05) is 6.54 Å². The van der Waals surface area contributed by atoms with E-state index in [4.69, 9.17) is 5.11 Å². The largest absolute Gasteiger partial charge is 0.481 e. The van der Waals surface area contributed by atoms with Crippen LogP contribution in [0, 0.1) is 17.8 Å². The molecule has 2 aliphatic rings. The molecule has 2 rings (SSSR count). The molecule has 2 atom stereocenters. The standard InChI is InChI=1S/C15H23NO4/c17-11-7-5-10(6-8-11)9-16-14(18)12-3-1-2-4-13(12)15(19)20/h1-2,10-13,17H,3-9H2,(H,16,18)(H,19,20)/t10?,11?,12-,13+/m1/s1. The predicted molar refractivity (Wildman–Crippen MR) is 74.0 cm³/mol. The van der Waals surface area contributed by atoms with Gasteiger partial charge in [-0.1, -0.05) is 12.2 Å². The number of carboxylic acids is 1. The highest BCUT2D eigenvalue weighted by molar-refractivity contribution is 5.85. The number of carbonyl (C=O) groups excluding carboxylic acids is 1. The van der Waals surface area contributed by atoms with Crippen LogP contribution in [0.5, 0.6) is 0 Å². The van der Waals surface area contributed by atoms with Crippen LogP contribution < -0.4 is 5.32 Å². The molecule has 0 aromatic carbocycles. The van der Waals surface area contributed by atoms with Gasteiger partial charge in [0.15, 0.2) is 0 Å². The first kappa shape index (κ1) is 15.0. The molecule has 112 valence electrons. The van der Waals surface area contributed by atoms with Gasteiger partial charge in [0.1, 0.15) is 0 Å². The monoisotopic (exact) mass is 281 g/mol. The average Bonchev–Trinajstić information content (AvgIpc) is 2.46. The van der Waals surface area contributed by atoms with Gasteiger partial charge in [0.2, 0.25) is 5.91 Å². The Hall–Kier alpha value is -1.36. The summed E-state index contributed by atoms with van der Waals surface area (Å²) >= 11 is 0. The van der Waals surface area contributed by atoms with Crippen molar-refractivity contribution in [2.75, 3.05) is 6.54 Å². The minimum atomic E-state index is -0.893. The molecule has 0 heterocycles. The second-order valence-corrected chi connectivity index (χ2v) is 5.91. The molecule has 5 nitrogen and oxygen atoms in total. The lowest BCUT2D eigenvalue weighted by atomic mass is 9.82. The zero-order chi connectivity index (χ0) is 14.5. The molecule has 0 bridgehead atoms. The Morgan fingerprint density at radius 1 is 1.05 bits per heavy atom. The molecule has 1 amide bonds. The third-order valence-corrected chi connectivity index (χ3v) is 4.47. The molecule has 0 aromatic heterocycles. The van der Waals surface area contributed by atoms with Gasteiger partial charge >= 0.3 is 5.97 Å². The molecular formula is C15H23NO4. The molecule has 0 saturated heterocycles. The Bertz CT molecular complexity index is 385. The summed E-state index contributed by atoms with van der Waals surface area (Å²) in [6.07, 6.45) is 7.92. The highest BCUT2D eigenvalue weighted by atomic mass is 16.4. The number of hydrogen-bond acceptors (Lipinski definition) is 3. The fourth-order valence-electron chi connectivity index (χ4n) is 3.10. The van der Waals surface area contributed by atoms with Crippen LogP contribution in [0.1, 0.15) is 38.5 Å². The van der Waals surface area contributed by atoms with E-state index in [1.54, 1.807) is 0 Å². The van der Waals surface area contributed by atoms with E-state index in [2.05, 4.69) is 5.32 Å².